The number of esters is 1. The van der Waals surface area contributed by atoms with E-state index in [0.29, 0.717) is 36.8 Å². The van der Waals surface area contributed by atoms with Crippen molar-refractivity contribution in [1.29, 1.82) is 0 Å². The summed E-state index contributed by atoms with van der Waals surface area (Å²) in [7, 11) is 0. The molecule has 1 fully saturated rings. The summed E-state index contributed by atoms with van der Waals surface area (Å²) in [6.45, 7) is 3.26. The monoisotopic (exact) mass is 560 g/mol. The first-order chi connectivity index (χ1) is 20.0. The number of hydrogen-bond donors (Lipinski definition) is 2. The van der Waals surface area contributed by atoms with Crippen molar-refractivity contribution in [2.24, 2.45) is 16.6 Å². The molecule has 0 radical (unpaired) electrons. The van der Waals surface area contributed by atoms with Crippen molar-refractivity contribution < 1.29 is 28.6 Å². The van der Waals surface area contributed by atoms with Crippen LogP contribution in [0, 0.1) is 0 Å². The molecule has 0 bridgehead atoms. The molecule has 1 atom stereocenters. The van der Waals surface area contributed by atoms with Crippen LogP contribution in [0.2, 0.25) is 0 Å². The Bertz CT molecular complexity index is 1240. The second kappa shape index (κ2) is 14.8. The van der Waals surface area contributed by atoms with E-state index in [1.165, 1.54) is 0 Å². The second-order valence-corrected chi connectivity index (χ2v) is 9.64. The smallest absolute Gasteiger partial charge is 0.409 e. The standard InChI is InChI=1S/C31H36N4O6/c1-2-3-18-38-31(37)35-19-25(20-35)34-29(32)24-14-16-26(17-15-24)39-21-27(41-33)30(36)40-28(22-10-6-4-7-11-22)23-12-8-5-9-13-23/h4-17,25,27-28H,2-3,18-21,33H2,1H3,(H2,32,34). The minimum atomic E-state index is -1.15. The van der Waals surface area contributed by atoms with Gasteiger partial charge in [-0.25, -0.2) is 15.5 Å². The number of nitrogens with zero attached hydrogens (tertiary/aromatic N) is 2. The third-order valence-corrected chi connectivity index (χ3v) is 6.58. The van der Waals surface area contributed by atoms with Gasteiger partial charge >= 0.3 is 12.1 Å². The molecule has 41 heavy (non-hydrogen) atoms. The summed E-state index contributed by atoms with van der Waals surface area (Å²) in [6, 6.07) is 25.8. The second-order valence-electron chi connectivity index (χ2n) is 9.64. The molecule has 0 spiro atoms. The van der Waals surface area contributed by atoms with E-state index in [-0.39, 0.29) is 18.7 Å². The van der Waals surface area contributed by atoms with E-state index in [2.05, 4.69) is 4.99 Å². The molecule has 10 nitrogen and oxygen atoms in total. The number of likely N-dealkylation sites (tertiary alicyclic amines) is 1. The van der Waals surface area contributed by atoms with Crippen LogP contribution in [0.4, 0.5) is 4.79 Å². The quantitative estimate of drug-likeness (QED) is 0.105. The van der Waals surface area contributed by atoms with Gasteiger partial charge in [-0.2, -0.15) is 0 Å². The molecule has 4 N–H and O–H groups in total. The molecule has 3 aromatic rings. The number of carbonyl (C=O) groups excluding carboxylic acids is 2. The zero-order valence-corrected chi connectivity index (χ0v) is 23.1. The third kappa shape index (κ3) is 8.29. The van der Waals surface area contributed by atoms with Gasteiger partial charge in [0.15, 0.2) is 6.10 Å². The lowest BCUT2D eigenvalue weighted by molar-refractivity contribution is -0.163. The van der Waals surface area contributed by atoms with E-state index in [1.807, 2.05) is 67.6 Å². The Hall–Kier alpha value is -4.41. The van der Waals surface area contributed by atoms with E-state index in [9.17, 15) is 9.59 Å². The number of amidine groups is 1. The zero-order chi connectivity index (χ0) is 29.0. The molecule has 1 amide bonds. The van der Waals surface area contributed by atoms with Crippen LogP contribution in [-0.4, -0.2) is 61.2 Å². The molecule has 216 valence electrons. The number of nitrogens with two attached hydrogens (primary N) is 2. The number of carbonyl (C=O) groups is 2. The van der Waals surface area contributed by atoms with Gasteiger partial charge in [-0.3, -0.25) is 9.83 Å². The lowest BCUT2D eigenvalue weighted by Crippen LogP contribution is -2.53. The van der Waals surface area contributed by atoms with Crippen LogP contribution in [0.1, 0.15) is 42.6 Å². The average molecular weight is 561 g/mol. The minimum Gasteiger partial charge on any atom is -0.490 e. The zero-order valence-electron chi connectivity index (χ0n) is 23.1. The summed E-state index contributed by atoms with van der Waals surface area (Å²) >= 11 is 0. The molecule has 3 aromatic carbocycles. The Balaban J connectivity index is 1.29. The van der Waals surface area contributed by atoms with Crippen LogP contribution in [0.15, 0.2) is 89.9 Å². The van der Waals surface area contributed by atoms with Crippen molar-refractivity contribution >= 4 is 17.9 Å². The van der Waals surface area contributed by atoms with Gasteiger partial charge in [0.2, 0.25) is 6.10 Å². The molecule has 1 unspecified atom stereocenters. The van der Waals surface area contributed by atoms with Crippen molar-refractivity contribution in [3.05, 3.63) is 102 Å². The topological polar surface area (TPSA) is 139 Å². The van der Waals surface area contributed by atoms with Gasteiger partial charge in [0.1, 0.15) is 18.2 Å². The fraction of sp³-hybridized carbons (Fsp3) is 0.323. The van der Waals surface area contributed by atoms with Gasteiger partial charge in [0.25, 0.3) is 0 Å². The molecule has 0 saturated carbocycles. The molecule has 1 heterocycles. The summed E-state index contributed by atoms with van der Waals surface area (Å²) in [5.41, 5.74) is 8.53. The van der Waals surface area contributed by atoms with Gasteiger partial charge in [0.05, 0.1) is 12.6 Å². The van der Waals surface area contributed by atoms with Gasteiger partial charge in [-0.1, -0.05) is 74.0 Å². The first kappa shape index (κ1) is 29.6. The lowest BCUT2D eigenvalue weighted by atomic mass is 10.0. The van der Waals surface area contributed by atoms with E-state index in [1.54, 1.807) is 29.2 Å². The highest BCUT2D eigenvalue weighted by Crippen LogP contribution is 2.26. The number of aliphatic imine (C=N–C) groups is 1. The number of benzene rings is 3. The van der Waals surface area contributed by atoms with Crippen molar-refractivity contribution in [1.82, 2.24) is 4.90 Å². The van der Waals surface area contributed by atoms with E-state index in [0.717, 1.165) is 24.0 Å². The molecule has 4 rings (SSSR count). The number of ether oxygens (including phenoxy) is 3. The summed E-state index contributed by atoms with van der Waals surface area (Å²) in [6.07, 6.45) is -0.270. The maximum absolute atomic E-state index is 13.0. The number of amides is 1. The normalized spacial score (nSPS) is 14.3. The maximum atomic E-state index is 13.0. The molecular weight excluding hydrogens is 524 g/mol. The van der Waals surface area contributed by atoms with Gasteiger partial charge in [-0.15, -0.1) is 0 Å². The maximum Gasteiger partial charge on any atom is 0.409 e. The predicted octanol–water partition coefficient (Wildman–Crippen LogP) is 3.98. The molecule has 1 saturated heterocycles. The summed E-state index contributed by atoms with van der Waals surface area (Å²) in [4.78, 5) is 36.0. The Kier molecular flexibility index (Phi) is 10.7. The molecule has 1 aliphatic rings. The van der Waals surface area contributed by atoms with Gasteiger partial charge in [-0.05, 0) is 41.8 Å². The highest BCUT2D eigenvalue weighted by atomic mass is 16.7. The Morgan fingerprint density at radius 3 is 2.12 bits per heavy atom. The predicted molar refractivity (Wildman–Crippen MR) is 154 cm³/mol. The Morgan fingerprint density at radius 2 is 1.56 bits per heavy atom. The molecule has 0 aliphatic carbocycles. The highest BCUT2D eigenvalue weighted by molar-refractivity contribution is 5.97. The average Bonchev–Trinajstić information content (AvgIpc) is 2.99. The van der Waals surface area contributed by atoms with E-state index >= 15 is 0 Å². The van der Waals surface area contributed by atoms with Gasteiger partial charge < -0.3 is 24.8 Å². The summed E-state index contributed by atoms with van der Waals surface area (Å²) in [5.74, 6) is 5.63. The van der Waals surface area contributed by atoms with Crippen LogP contribution in [0.25, 0.3) is 0 Å². The first-order valence-electron chi connectivity index (χ1n) is 13.6. The van der Waals surface area contributed by atoms with E-state index < -0.39 is 18.2 Å². The SMILES string of the molecule is CCCCOC(=O)N1CC(N=C(N)c2ccc(OCC(ON)C(=O)OC(c3ccccc3)c3ccccc3)cc2)C1. The fourth-order valence-electron chi connectivity index (χ4n) is 4.19. The lowest BCUT2D eigenvalue weighted by Gasteiger charge is -2.36. The summed E-state index contributed by atoms with van der Waals surface area (Å²) < 4.78 is 16.8. The number of unbranched alkanes of at least 4 members (excludes halogenated alkanes) is 1. The van der Waals surface area contributed by atoms with Crippen LogP contribution >= 0.6 is 0 Å². The minimum absolute atomic E-state index is 0.0753. The Labute approximate surface area is 239 Å². The number of rotatable bonds is 13. The van der Waals surface area contributed by atoms with Crippen LogP contribution in [-0.2, 0) is 19.1 Å². The van der Waals surface area contributed by atoms with Crippen LogP contribution in [0.5, 0.6) is 5.75 Å². The van der Waals surface area contributed by atoms with Crippen molar-refractivity contribution in [3.8, 4) is 5.75 Å². The Morgan fingerprint density at radius 1 is 0.951 bits per heavy atom. The van der Waals surface area contributed by atoms with Crippen molar-refractivity contribution in [2.45, 2.75) is 38.0 Å². The fourth-order valence-corrected chi connectivity index (χ4v) is 4.19. The number of hydrogen-bond acceptors (Lipinski definition) is 8. The molecule has 1 aliphatic heterocycles. The molecule has 10 heteroatoms. The van der Waals surface area contributed by atoms with E-state index in [4.69, 9.17) is 30.7 Å². The van der Waals surface area contributed by atoms with Crippen LogP contribution in [0.3, 0.4) is 0 Å². The summed E-state index contributed by atoms with van der Waals surface area (Å²) in [5, 5.41) is 0. The molecule has 0 aromatic heterocycles. The van der Waals surface area contributed by atoms with Gasteiger partial charge in [0, 0.05) is 18.7 Å². The highest BCUT2D eigenvalue weighted by Gasteiger charge is 2.32. The van der Waals surface area contributed by atoms with Crippen molar-refractivity contribution in [2.75, 3.05) is 26.3 Å². The largest absolute Gasteiger partial charge is 0.490 e. The third-order valence-electron chi connectivity index (χ3n) is 6.58. The van der Waals surface area contributed by atoms with Crippen LogP contribution < -0.4 is 16.4 Å². The molecular formula is C31H36N4O6. The first-order valence-corrected chi connectivity index (χ1v) is 13.6. The van der Waals surface area contributed by atoms with Crippen molar-refractivity contribution in [3.63, 3.8) is 0 Å².